The first-order chi connectivity index (χ1) is 14.2. The van der Waals surface area contributed by atoms with Crippen molar-refractivity contribution in [3.05, 3.63) is 83.6 Å². The van der Waals surface area contributed by atoms with Gasteiger partial charge in [0.05, 0.1) is 11.9 Å². The summed E-state index contributed by atoms with van der Waals surface area (Å²) < 4.78 is 2.04. The zero-order valence-corrected chi connectivity index (χ0v) is 16.6. The van der Waals surface area contributed by atoms with Crippen LogP contribution in [0.2, 0.25) is 0 Å². The Labute approximate surface area is 169 Å². The largest absolute Gasteiger partial charge is 0.388 e. The van der Waals surface area contributed by atoms with Gasteiger partial charge in [0, 0.05) is 36.4 Å². The number of nitrogens with one attached hydrogen (secondary N) is 2. The zero-order valence-electron chi connectivity index (χ0n) is 16.6. The number of hydrogen-bond donors (Lipinski definition) is 2. The summed E-state index contributed by atoms with van der Waals surface area (Å²) in [5, 5.41) is 8.60. The summed E-state index contributed by atoms with van der Waals surface area (Å²) in [6.07, 6.45) is 11.7. The molecule has 144 valence electrons. The molecule has 2 N–H and O–H groups in total. The van der Waals surface area contributed by atoms with Crippen molar-refractivity contribution in [2.24, 2.45) is 0 Å². The van der Waals surface area contributed by atoms with Crippen LogP contribution < -0.4 is 21.1 Å². The van der Waals surface area contributed by atoms with Crippen molar-refractivity contribution in [2.75, 3.05) is 17.7 Å². The fourth-order valence-electron chi connectivity index (χ4n) is 3.24. The van der Waals surface area contributed by atoms with E-state index in [2.05, 4.69) is 51.5 Å². The Morgan fingerprint density at radius 2 is 1.93 bits per heavy atom. The molecule has 2 heterocycles. The van der Waals surface area contributed by atoms with E-state index in [-0.39, 0.29) is 0 Å². The highest BCUT2D eigenvalue weighted by Crippen LogP contribution is 2.25. The van der Waals surface area contributed by atoms with Crippen LogP contribution in [0.15, 0.2) is 73.2 Å². The standard InChI is InChI=1S/C24H23N5/c1-4-5-7-18-10-11-19(14-17(18)2)22-16-27-24-23(26-12-13-29(22)24)28-21-9-6-8-20(15-21)25-3/h4-16,25H,2H2,1,3H3,(H,26,28)/b5-4-,18-7-. The summed E-state index contributed by atoms with van der Waals surface area (Å²) in [5.41, 5.74) is 4.81. The number of hydrogen-bond acceptors (Lipinski definition) is 4. The number of aromatic nitrogens is 3. The monoisotopic (exact) mass is 381 g/mol. The van der Waals surface area contributed by atoms with E-state index in [1.807, 2.05) is 67.2 Å². The summed E-state index contributed by atoms with van der Waals surface area (Å²) in [6, 6.07) is 14.3. The summed E-state index contributed by atoms with van der Waals surface area (Å²) in [4.78, 5) is 9.11. The third kappa shape index (κ3) is 3.75. The van der Waals surface area contributed by atoms with Crippen molar-refractivity contribution in [3.8, 4) is 11.3 Å². The van der Waals surface area contributed by atoms with Crippen molar-refractivity contribution in [1.82, 2.24) is 14.4 Å². The van der Waals surface area contributed by atoms with Crippen LogP contribution in [-0.2, 0) is 0 Å². The molecule has 29 heavy (non-hydrogen) atoms. The quantitative estimate of drug-likeness (QED) is 0.550. The average molecular weight is 381 g/mol. The molecule has 0 fully saturated rings. The highest BCUT2D eigenvalue weighted by molar-refractivity contribution is 5.75. The fraction of sp³-hybridized carbons (Fsp3) is 0.0833. The number of anilines is 3. The molecule has 5 heteroatoms. The van der Waals surface area contributed by atoms with Crippen LogP contribution in [0.25, 0.3) is 29.6 Å². The smallest absolute Gasteiger partial charge is 0.180 e. The summed E-state index contributed by atoms with van der Waals surface area (Å²) >= 11 is 0. The highest BCUT2D eigenvalue weighted by Gasteiger charge is 2.10. The maximum atomic E-state index is 4.62. The molecule has 0 radical (unpaired) electrons. The molecule has 0 aliphatic carbocycles. The molecule has 0 saturated carbocycles. The lowest BCUT2D eigenvalue weighted by Gasteiger charge is -2.09. The van der Waals surface area contributed by atoms with Gasteiger partial charge in [0.25, 0.3) is 0 Å². The van der Waals surface area contributed by atoms with Gasteiger partial charge in [-0.05, 0) is 41.6 Å². The molecule has 0 saturated heterocycles. The highest BCUT2D eigenvalue weighted by atomic mass is 15.1. The minimum Gasteiger partial charge on any atom is -0.388 e. The Kier molecular flexibility index (Phi) is 5.12. The van der Waals surface area contributed by atoms with Gasteiger partial charge in [-0.2, -0.15) is 0 Å². The first-order valence-electron chi connectivity index (χ1n) is 9.49. The van der Waals surface area contributed by atoms with E-state index in [1.54, 1.807) is 6.20 Å². The lowest BCUT2D eigenvalue weighted by atomic mass is 10.1. The lowest BCUT2D eigenvalue weighted by molar-refractivity contribution is 1.13. The van der Waals surface area contributed by atoms with E-state index in [4.69, 9.17) is 0 Å². The predicted molar refractivity (Wildman–Crippen MR) is 122 cm³/mol. The molecule has 4 rings (SSSR count). The van der Waals surface area contributed by atoms with Crippen LogP contribution >= 0.6 is 0 Å². The van der Waals surface area contributed by atoms with Gasteiger partial charge < -0.3 is 10.6 Å². The zero-order chi connectivity index (χ0) is 20.2. The molecule has 4 aromatic rings. The van der Waals surface area contributed by atoms with Crippen LogP contribution in [0.1, 0.15) is 6.92 Å². The molecule has 0 amide bonds. The van der Waals surface area contributed by atoms with Crippen LogP contribution in [0.5, 0.6) is 0 Å². The Bertz CT molecular complexity index is 1300. The molecular weight excluding hydrogens is 358 g/mol. The summed E-state index contributed by atoms with van der Waals surface area (Å²) in [5.74, 6) is 0.708. The van der Waals surface area contributed by atoms with Crippen LogP contribution in [0.3, 0.4) is 0 Å². The van der Waals surface area contributed by atoms with Crippen molar-refractivity contribution >= 4 is 35.5 Å². The van der Waals surface area contributed by atoms with E-state index in [0.29, 0.717) is 5.82 Å². The van der Waals surface area contributed by atoms with Crippen molar-refractivity contribution in [1.29, 1.82) is 0 Å². The number of benzene rings is 2. The van der Waals surface area contributed by atoms with Gasteiger partial charge in [-0.3, -0.25) is 4.40 Å². The molecule has 0 atom stereocenters. The molecule has 0 aliphatic rings. The average Bonchev–Trinajstić information content (AvgIpc) is 3.18. The predicted octanol–water partition coefficient (Wildman–Crippen LogP) is 3.95. The Balaban J connectivity index is 1.74. The van der Waals surface area contributed by atoms with Gasteiger partial charge in [0.2, 0.25) is 0 Å². The van der Waals surface area contributed by atoms with Gasteiger partial charge in [-0.1, -0.05) is 43.0 Å². The van der Waals surface area contributed by atoms with Crippen molar-refractivity contribution in [2.45, 2.75) is 6.92 Å². The normalized spacial score (nSPS) is 12.0. The SMILES string of the molecule is C=c1cc(-c2cnc3c(Nc4cccc(NC)c4)nccn23)cc/c1=C/C=C\C. The van der Waals surface area contributed by atoms with E-state index in [0.717, 1.165) is 38.7 Å². The van der Waals surface area contributed by atoms with Crippen LogP contribution in [0, 0.1) is 0 Å². The van der Waals surface area contributed by atoms with Gasteiger partial charge in [-0.15, -0.1) is 0 Å². The van der Waals surface area contributed by atoms with Crippen molar-refractivity contribution in [3.63, 3.8) is 0 Å². The van der Waals surface area contributed by atoms with Gasteiger partial charge >= 0.3 is 0 Å². The molecule has 0 bridgehead atoms. The Morgan fingerprint density at radius 1 is 1.07 bits per heavy atom. The van der Waals surface area contributed by atoms with E-state index in [1.165, 1.54) is 0 Å². The third-order valence-electron chi connectivity index (χ3n) is 4.75. The fourth-order valence-corrected chi connectivity index (χ4v) is 3.24. The molecule has 2 aromatic carbocycles. The first-order valence-corrected chi connectivity index (χ1v) is 9.49. The molecule has 2 aromatic heterocycles. The Morgan fingerprint density at radius 3 is 2.72 bits per heavy atom. The molecule has 0 aliphatic heterocycles. The maximum absolute atomic E-state index is 4.62. The minimum atomic E-state index is 0.708. The summed E-state index contributed by atoms with van der Waals surface area (Å²) in [7, 11) is 1.90. The van der Waals surface area contributed by atoms with E-state index < -0.39 is 0 Å². The van der Waals surface area contributed by atoms with Gasteiger partial charge in [0.15, 0.2) is 11.5 Å². The maximum Gasteiger partial charge on any atom is 0.180 e. The van der Waals surface area contributed by atoms with Crippen LogP contribution in [-0.4, -0.2) is 21.4 Å². The van der Waals surface area contributed by atoms with Crippen LogP contribution in [0.4, 0.5) is 17.2 Å². The van der Waals surface area contributed by atoms with Gasteiger partial charge in [-0.25, -0.2) is 9.97 Å². The minimum absolute atomic E-state index is 0.708. The van der Waals surface area contributed by atoms with E-state index >= 15 is 0 Å². The lowest BCUT2D eigenvalue weighted by Crippen LogP contribution is -2.22. The first kappa shape index (κ1) is 18.5. The number of nitrogens with zero attached hydrogens (tertiary/aromatic N) is 3. The molecule has 5 nitrogen and oxygen atoms in total. The molecular formula is C24H23N5. The number of fused-ring (bicyclic) bond motifs is 1. The molecule has 0 unspecified atom stereocenters. The van der Waals surface area contributed by atoms with Crippen molar-refractivity contribution < 1.29 is 0 Å². The Hall–Kier alpha value is -3.86. The number of allylic oxidation sites excluding steroid dienone is 2. The molecule has 0 spiro atoms. The van der Waals surface area contributed by atoms with E-state index in [9.17, 15) is 0 Å². The second-order valence-corrected chi connectivity index (χ2v) is 6.67. The van der Waals surface area contributed by atoms with Gasteiger partial charge in [0.1, 0.15) is 0 Å². The second-order valence-electron chi connectivity index (χ2n) is 6.67. The second kappa shape index (κ2) is 8.02. The number of rotatable bonds is 5. The summed E-state index contributed by atoms with van der Waals surface area (Å²) in [6.45, 7) is 6.19. The number of imidazole rings is 1. The third-order valence-corrected chi connectivity index (χ3v) is 4.75. The topological polar surface area (TPSA) is 54.2 Å².